The molecule has 0 saturated carbocycles. The van der Waals surface area contributed by atoms with Crippen molar-refractivity contribution in [2.75, 3.05) is 14.2 Å². The van der Waals surface area contributed by atoms with Crippen LogP contribution in [0.2, 0.25) is 0 Å². The Morgan fingerprint density at radius 3 is 2.38 bits per heavy atom. The fourth-order valence-electron chi connectivity index (χ4n) is 2.20. The van der Waals surface area contributed by atoms with E-state index in [0.29, 0.717) is 17.1 Å². The quantitative estimate of drug-likeness (QED) is 0.378. The number of benzene rings is 2. The first-order valence-electron chi connectivity index (χ1n) is 6.88. The molecule has 2 rings (SSSR count). The smallest absolute Gasteiger partial charge is 0.336 e. The number of carboxylic acids is 1. The molecule has 0 radical (unpaired) electrons. The first kappa shape index (κ1) is 17.0. The Balaban J connectivity index is 2.59. The molecule has 0 heterocycles. The van der Waals surface area contributed by atoms with Crippen LogP contribution in [0.15, 0.2) is 42.5 Å². The number of carboxylic acid groups (broad SMARTS) is 1. The fourth-order valence-corrected chi connectivity index (χ4v) is 2.20. The van der Waals surface area contributed by atoms with Gasteiger partial charge in [0.1, 0.15) is 0 Å². The minimum atomic E-state index is -1.21. The molecule has 124 valence electrons. The lowest BCUT2D eigenvalue weighted by Crippen LogP contribution is -2.01. The predicted octanol–water partition coefficient (Wildman–Crippen LogP) is 3.24. The average Bonchev–Trinajstić information content (AvgIpc) is 2.59. The van der Waals surface area contributed by atoms with Gasteiger partial charge < -0.3 is 14.6 Å². The van der Waals surface area contributed by atoms with Gasteiger partial charge in [-0.2, -0.15) is 0 Å². The second-order valence-electron chi connectivity index (χ2n) is 4.75. The van der Waals surface area contributed by atoms with Gasteiger partial charge in [0, 0.05) is 6.07 Å². The summed E-state index contributed by atoms with van der Waals surface area (Å²) in [5, 5.41) is 20.6. The summed E-state index contributed by atoms with van der Waals surface area (Å²) < 4.78 is 10.3. The Hall–Kier alpha value is -3.35. The van der Waals surface area contributed by atoms with E-state index in [2.05, 4.69) is 0 Å². The number of hydrogen-bond acceptors (Lipinski definition) is 5. The van der Waals surface area contributed by atoms with Crippen LogP contribution in [0.5, 0.6) is 11.5 Å². The summed E-state index contributed by atoms with van der Waals surface area (Å²) in [5.74, 6) is -0.387. The Morgan fingerprint density at radius 1 is 1.12 bits per heavy atom. The zero-order valence-electron chi connectivity index (χ0n) is 13.1. The summed E-state index contributed by atoms with van der Waals surface area (Å²) in [6.07, 6.45) is 1.27. The number of rotatable bonds is 6. The molecule has 0 saturated heterocycles. The third kappa shape index (κ3) is 3.52. The Kier molecular flexibility index (Phi) is 5.16. The van der Waals surface area contributed by atoms with E-state index in [1.54, 1.807) is 18.2 Å². The van der Waals surface area contributed by atoms with Crippen LogP contribution in [0.25, 0.3) is 11.6 Å². The third-order valence-electron chi connectivity index (χ3n) is 3.36. The molecule has 7 nitrogen and oxygen atoms in total. The van der Waals surface area contributed by atoms with Gasteiger partial charge in [0.15, 0.2) is 11.5 Å². The molecular formula is C17H15NO6. The average molecular weight is 329 g/mol. The van der Waals surface area contributed by atoms with Crippen molar-refractivity contribution in [2.24, 2.45) is 0 Å². The Bertz CT molecular complexity index is 812. The highest BCUT2D eigenvalue weighted by Crippen LogP contribution is 2.32. The molecule has 0 bridgehead atoms. The van der Waals surface area contributed by atoms with E-state index in [0.717, 1.165) is 0 Å². The normalized spacial score (nSPS) is 11.0. The number of ether oxygens (including phenoxy) is 2. The molecule has 1 N–H and O–H groups in total. The lowest BCUT2D eigenvalue weighted by Gasteiger charge is -2.10. The van der Waals surface area contributed by atoms with Gasteiger partial charge in [-0.3, -0.25) is 10.1 Å². The highest BCUT2D eigenvalue weighted by molar-refractivity contribution is 6.21. The van der Waals surface area contributed by atoms with Gasteiger partial charge in [0.25, 0.3) is 5.69 Å². The summed E-state index contributed by atoms with van der Waals surface area (Å²) in [6, 6.07) is 10.6. The van der Waals surface area contributed by atoms with Crippen LogP contribution in [0.1, 0.15) is 11.1 Å². The second kappa shape index (κ2) is 7.28. The second-order valence-corrected chi connectivity index (χ2v) is 4.75. The lowest BCUT2D eigenvalue weighted by atomic mass is 10.0. The van der Waals surface area contributed by atoms with Crippen molar-refractivity contribution in [1.29, 1.82) is 0 Å². The molecule has 2 aromatic rings. The molecule has 0 fully saturated rings. The number of nitro benzene ring substituents is 1. The van der Waals surface area contributed by atoms with E-state index in [4.69, 9.17) is 9.47 Å². The number of hydrogen-bond donors (Lipinski definition) is 1. The number of para-hydroxylation sites is 1. The number of nitro groups is 1. The predicted molar refractivity (Wildman–Crippen MR) is 88.1 cm³/mol. The van der Waals surface area contributed by atoms with Gasteiger partial charge in [-0.15, -0.1) is 0 Å². The standard InChI is InChI=1S/C17H15NO6/c1-23-15-8-7-11(10-16(15)24-2)13(17(19)20)9-12-5-3-4-6-14(12)18(21)22/h3-10H,1-2H3,(H,19,20)/b13-9+. The van der Waals surface area contributed by atoms with Gasteiger partial charge in [-0.1, -0.05) is 18.2 Å². The van der Waals surface area contributed by atoms with Gasteiger partial charge in [-0.05, 0) is 29.8 Å². The molecule has 7 heteroatoms. The van der Waals surface area contributed by atoms with E-state index in [1.165, 1.54) is 44.6 Å². The summed E-state index contributed by atoms with van der Waals surface area (Å²) in [7, 11) is 2.91. The highest BCUT2D eigenvalue weighted by atomic mass is 16.6. The Morgan fingerprint density at radius 2 is 1.79 bits per heavy atom. The van der Waals surface area contributed by atoms with Gasteiger partial charge in [-0.25, -0.2) is 4.79 Å². The van der Waals surface area contributed by atoms with Crippen molar-refractivity contribution in [3.8, 4) is 11.5 Å². The number of methoxy groups -OCH3 is 2. The van der Waals surface area contributed by atoms with Crippen molar-refractivity contribution >= 4 is 23.3 Å². The van der Waals surface area contributed by atoms with Crippen molar-refractivity contribution in [2.45, 2.75) is 0 Å². The molecule has 0 atom stereocenters. The molecule has 0 aliphatic rings. The van der Waals surface area contributed by atoms with Crippen LogP contribution in [0.3, 0.4) is 0 Å². The zero-order valence-corrected chi connectivity index (χ0v) is 13.1. The largest absolute Gasteiger partial charge is 0.493 e. The maximum absolute atomic E-state index is 11.6. The zero-order chi connectivity index (χ0) is 17.7. The monoisotopic (exact) mass is 329 g/mol. The molecule has 0 aliphatic carbocycles. The van der Waals surface area contributed by atoms with Crippen LogP contribution in [-0.4, -0.2) is 30.2 Å². The van der Waals surface area contributed by atoms with Gasteiger partial charge >= 0.3 is 5.97 Å². The van der Waals surface area contributed by atoms with Crippen molar-refractivity contribution < 1.29 is 24.3 Å². The summed E-state index contributed by atoms with van der Waals surface area (Å²) in [6.45, 7) is 0. The fraction of sp³-hybridized carbons (Fsp3) is 0.118. The minimum absolute atomic E-state index is 0.0924. The molecule has 24 heavy (non-hydrogen) atoms. The highest BCUT2D eigenvalue weighted by Gasteiger charge is 2.17. The van der Waals surface area contributed by atoms with Crippen molar-refractivity contribution in [1.82, 2.24) is 0 Å². The van der Waals surface area contributed by atoms with E-state index in [1.807, 2.05) is 0 Å². The summed E-state index contributed by atoms with van der Waals surface area (Å²) >= 11 is 0. The molecule has 0 aliphatic heterocycles. The van der Waals surface area contributed by atoms with Gasteiger partial charge in [0.05, 0.1) is 30.3 Å². The SMILES string of the molecule is COc1ccc(/C(=C\c2ccccc2[N+](=O)[O-])C(=O)O)cc1OC. The molecule has 2 aromatic carbocycles. The van der Waals surface area contributed by atoms with Crippen LogP contribution in [0, 0.1) is 10.1 Å². The van der Waals surface area contributed by atoms with E-state index < -0.39 is 10.9 Å². The summed E-state index contributed by atoms with van der Waals surface area (Å²) in [4.78, 5) is 22.2. The lowest BCUT2D eigenvalue weighted by molar-refractivity contribution is -0.385. The topological polar surface area (TPSA) is 98.9 Å². The maximum atomic E-state index is 11.6. The first-order chi connectivity index (χ1) is 11.5. The van der Waals surface area contributed by atoms with E-state index >= 15 is 0 Å². The molecule has 0 spiro atoms. The third-order valence-corrected chi connectivity index (χ3v) is 3.36. The van der Waals surface area contributed by atoms with Crippen LogP contribution in [0.4, 0.5) is 5.69 Å². The minimum Gasteiger partial charge on any atom is -0.493 e. The molecule has 0 aromatic heterocycles. The Labute approximate surface area is 137 Å². The van der Waals surface area contributed by atoms with Crippen LogP contribution < -0.4 is 9.47 Å². The summed E-state index contributed by atoms with van der Waals surface area (Å²) in [5.41, 5.74) is 0.287. The molecular weight excluding hydrogens is 314 g/mol. The van der Waals surface area contributed by atoms with Crippen LogP contribution >= 0.6 is 0 Å². The van der Waals surface area contributed by atoms with Gasteiger partial charge in [0.2, 0.25) is 0 Å². The number of carbonyl (C=O) groups is 1. The molecule has 0 unspecified atom stereocenters. The van der Waals surface area contributed by atoms with E-state index in [-0.39, 0.29) is 16.8 Å². The number of aliphatic carboxylic acids is 1. The first-order valence-corrected chi connectivity index (χ1v) is 6.88. The maximum Gasteiger partial charge on any atom is 0.336 e. The number of nitrogens with zero attached hydrogens (tertiary/aromatic N) is 1. The molecule has 0 amide bonds. The van der Waals surface area contributed by atoms with Crippen molar-refractivity contribution in [3.05, 3.63) is 63.7 Å². The van der Waals surface area contributed by atoms with E-state index in [9.17, 15) is 20.0 Å². The van der Waals surface area contributed by atoms with Crippen molar-refractivity contribution in [3.63, 3.8) is 0 Å². The van der Waals surface area contributed by atoms with Crippen LogP contribution in [-0.2, 0) is 4.79 Å².